The lowest BCUT2D eigenvalue weighted by molar-refractivity contribution is -0.139. The van der Waals surface area contributed by atoms with Crippen molar-refractivity contribution < 1.29 is 18.7 Å². The molecule has 4 nitrogen and oxygen atoms in total. The topological polar surface area (TPSA) is 55.4 Å². The van der Waals surface area contributed by atoms with Crippen LogP contribution in [0, 0.1) is 5.82 Å². The maximum atomic E-state index is 12.9. The van der Waals surface area contributed by atoms with Crippen molar-refractivity contribution in [3.8, 4) is 0 Å². The van der Waals surface area contributed by atoms with Gasteiger partial charge in [-0.25, -0.2) is 4.39 Å². The van der Waals surface area contributed by atoms with Crippen LogP contribution in [0.4, 0.5) is 4.39 Å². The Labute approximate surface area is 99.9 Å². The molecule has 0 atom stereocenters. The smallest absolute Gasteiger partial charge is 0.325 e. The third kappa shape index (κ3) is 3.30. The van der Waals surface area contributed by atoms with Gasteiger partial charge >= 0.3 is 5.97 Å². The van der Waals surface area contributed by atoms with E-state index in [9.17, 15) is 14.0 Å². The van der Waals surface area contributed by atoms with Gasteiger partial charge < -0.3 is 10.1 Å². The molecule has 0 bridgehead atoms. The van der Waals surface area contributed by atoms with E-state index in [1.807, 2.05) is 0 Å². The zero-order chi connectivity index (χ0) is 12.1. The average molecular weight is 290 g/mol. The largest absolute Gasteiger partial charge is 0.468 e. The van der Waals surface area contributed by atoms with Gasteiger partial charge in [-0.1, -0.05) is 0 Å². The van der Waals surface area contributed by atoms with Crippen molar-refractivity contribution in [1.82, 2.24) is 5.32 Å². The minimum Gasteiger partial charge on any atom is -0.468 e. The molecule has 0 aliphatic carbocycles. The van der Waals surface area contributed by atoms with Crippen LogP contribution in [0.1, 0.15) is 10.4 Å². The highest BCUT2D eigenvalue weighted by atomic mass is 79.9. The van der Waals surface area contributed by atoms with Gasteiger partial charge in [0.05, 0.1) is 12.7 Å². The van der Waals surface area contributed by atoms with E-state index in [1.54, 1.807) is 0 Å². The maximum Gasteiger partial charge on any atom is 0.325 e. The number of esters is 1. The van der Waals surface area contributed by atoms with E-state index >= 15 is 0 Å². The summed E-state index contributed by atoms with van der Waals surface area (Å²) in [5, 5.41) is 2.31. The minimum atomic E-state index is -0.569. The first-order chi connectivity index (χ1) is 7.54. The second kappa shape index (κ2) is 5.60. The molecule has 0 fully saturated rings. The van der Waals surface area contributed by atoms with Crippen molar-refractivity contribution in [1.29, 1.82) is 0 Å². The lowest BCUT2D eigenvalue weighted by atomic mass is 10.2. The molecule has 1 amide bonds. The van der Waals surface area contributed by atoms with Gasteiger partial charge in [-0.05, 0) is 34.1 Å². The Morgan fingerprint density at radius 3 is 2.81 bits per heavy atom. The number of hydrogen-bond donors (Lipinski definition) is 1. The SMILES string of the molecule is COC(=O)CNC(=O)c1cc(F)ccc1Br. The molecule has 0 spiro atoms. The fraction of sp³-hybridized carbons (Fsp3) is 0.200. The third-order valence-electron chi connectivity index (χ3n) is 1.79. The Hall–Kier alpha value is -1.43. The maximum absolute atomic E-state index is 12.9. The van der Waals surface area contributed by atoms with Gasteiger partial charge in [0.2, 0.25) is 0 Å². The number of methoxy groups -OCH3 is 1. The van der Waals surface area contributed by atoms with Gasteiger partial charge in [0, 0.05) is 4.47 Å². The molecule has 0 heterocycles. The summed E-state index contributed by atoms with van der Waals surface area (Å²) >= 11 is 3.11. The summed E-state index contributed by atoms with van der Waals surface area (Å²) in [4.78, 5) is 22.3. The van der Waals surface area contributed by atoms with E-state index in [0.717, 1.165) is 6.07 Å². The van der Waals surface area contributed by atoms with Crippen LogP contribution in [0.25, 0.3) is 0 Å². The third-order valence-corrected chi connectivity index (χ3v) is 2.49. The Morgan fingerprint density at radius 2 is 2.19 bits per heavy atom. The van der Waals surface area contributed by atoms with Crippen molar-refractivity contribution in [2.24, 2.45) is 0 Å². The lowest BCUT2D eigenvalue weighted by Gasteiger charge is -2.05. The molecule has 6 heteroatoms. The molecule has 1 rings (SSSR count). The number of halogens is 2. The number of rotatable bonds is 3. The fourth-order valence-corrected chi connectivity index (χ4v) is 1.42. The summed E-state index contributed by atoms with van der Waals surface area (Å²) in [6.07, 6.45) is 0. The average Bonchev–Trinajstić information content (AvgIpc) is 2.28. The molecule has 0 aliphatic rings. The summed E-state index contributed by atoms with van der Waals surface area (Å²) in [6.45, 7) is -0.252. The molecule has 0 aliphatic heterocycles. The fourth-order valence-electron chi connectivity index (χ4n) is 0.991. The van der Waals surface area contributed by atoms with Gasteiger partial charge in [-0.15, -0.1) is 0 Å². The van der Waals surface area contributed by atoms with Crippen LogP contribution >= 0.6 is 15.9 Å². The number of amides is 1. The second-order valence-corrected chi connectivity index (χ2v) is 3.74. The highest BCUT2D eigenvalue weighted by molar-refractivity contribution is 9.10. The van der Waals surface area contributed by atoms with Crippen LogP contribution < -0.4 is 5.32 Å². The standard InChI is InChI=1S/C10H9BrFNO3/c1-16-9(14)5-13-10(15)7-4-6(12)2-3-8(7)11/h2-4H,5H2,1H3,(H,13,15). The first-order valence-corrected chi connectivity index (χ1v) is 5.14. The molecule has 1 N–H and O–H groups in total. The summed E-state index contributed by atoms with van der Waals surface area (Å²) < 4.78 is 17.7. The Kier molecular flexibility index (Phi) is 4.42. The number of carbonyl (C=O) groups is 2. The van der Waals surface area contributed by atoms with Crippen LogP contribution in [-0.2, 0) is 9.53 Å². The van der Waals surface area contributed by atoms with Crippen LogP contribution in [-0.4, -0.2) is 25.5 Å². The van der Waals surface area contributed by atoms with Crippen molar-refractivity contribution in [3.63, 3.8) is 0 Å². The minimum absolute atomic E-state index is 0.129. The monoisotopic (exact) mass is 289 g/mol. The van der Waals surface area contributed by atoms with E-state index in [2.05, 4.69) is 26.0 Å². The number of benzene rings is 1. The lowest BCUT2D eigenvalue weighted by Crippen LogP contribution is -2.30. The van der Waals surface area contributed by atoms with Gasteiger partial charge in [0.1, 0.15) is 12.4 Å². The first kappa shape index (κ1) is 12.6. The van der Waals surface area contributed by atoms with E-state index in [-0.39, 0.29) is 12.1 Å². The van der Waals surface area contributed by atoms with Crippen molar-refractivity contribution in [2.45, 2.75) is 0 Å². The van der Waals surface area contributed by atoms with E-state index in [0.29, 0.717) is 4.47 Å². The zero-order valence-electron chi connectivity index (χ0n) is 8.42. The molecule has 0 saturated heterocycles. The predicted molar refractivity (Wildman–Crippen MR) is 58.4 cm³/mol. The summed E-state index contributed by atoms with van der Waals surface area (Å²) in [5.41, 5.74) is 0.129. The molecular weight excluding hydrogens is 281 g/mol. The predicted octanol–water partition coefficient (Wildman–Crippen LogP) is 1.49. The van der Waals surface area contributed by atoms with Gasteiger partial charge in [0.15, 0.2) is 0 Å². The van der Waals surface area contributed by atoms with Gasteiger partial charge in [-0.3, -0.25) is 9.59 Å². The summed E-state index contributed by atoms with van der Waals surface area (Å²) in [6, 6.07) is 3.72. The molecule has 86 valence electrons. The summed E-state index contributed by atoms with van der Waals surface area (Å²) in [7, 11) is 1.21. The zero-order valence-corrected chi connectivity index (χ0v) is 10.0. The highest BCUT2D eigenvalue weighted by Crippen LogP contribution is 2.17. The molecule has 0 aromatic heterocycles. The van der Waals surface area contributed by atoms with E-state index < -0.39 is 17.7 Å². The Bertz CT molecular complexity index is 423. The number of nitrogens with one attached hydrogen (secondary N) is 1. The first-order valence-electron chi connectivity index (χ1n) is 4.34. The van der Waals surface area contributed by atoms with Crippen molar-refractivity contribution in [2.75, 3.05) is 13.7 Å². The number of hydrogen-bond acceptors (Lipinski definition) is 3. The Morgan fingerprint density at radius 1 is 1.50 bits per heavy atom. The molecule has 0 radical (unpaired) electrons. The number of carbonyl (C=O) groups excluding carboxylic acids is 2. The molecule has 0 unspecified atom stereocenters. The molecule has 0 saturated carbocycles. The molecule has 1 aromatic carbocycles. The quantitative estimate of drug-likeness (QED) is 0.858. The Balaban J connectivity index is 2.73. The van der Waals surface area contributed by atoms with Crippen LogP contribution in [0.2, 0.25) is 0 Å². The normalized spacial score (nSPS) is 9.69. The highest BCUT2D eigenvalue weighted by Gasteiger charge is 2.12. The molecular formula is C10H9BrFNO3. The van der Waals surface area contributed by atoms with Crippen LogP contribution in [0.3, 0.4) is 0 Å². The van der Waals surface area contributed by atoms with Crippen molar-refractivity contribution in [3.05, 3.63) is 34.1 Å². The van der Waals surface area contributed by atoms with Gasteiger partial charge in [0.25, 0.3) is 5.91 Å². The molecule has 16 heavy (non-hydrogen) atoms. The van der Waals surface area contributed by atoms with Crippen molar-refractivity contribution >= 4 is 27.8 Å². The molecule has 1 aromatic rings. The van der Waals surface area contributed by atoms with Gasteiger partial charge in [-0.2, -0.15) is 0 Å². The van der Waals surface area contributed by atoms with Crippen LogP contribution in [0.15, 0.2) is 22.7 Å². The van der Waals surface area contributed by atoms with E-state index in [1.165, 1.54) is 19.2 Å². The number of ether oxygens (including phenoxy) is 1. The summed E-state index contributed by atoms with van der Waals surface area (Å²) in [5.74, 6) is -1.64. The van der Waals surface area contributed by atoms with E-state index in [4.69, 9.17) is 0 Å². The second-order valence-electron chi connectivity index (χ2n) is 2.88. The van der Waals surface area contributed by atoms with Crippen LogP contribution in [0.5, 0.6) is 0 Å².